The summed E-state index contributed by atoms with van der Waals surface area (Å²) in [4.78, 5) is 8.44. The van der Waals surface area contributed by atoms with Crippen molar-refractivity contribution in [3.05, 3.63) is 73.1 Å². The van der Waals surface area contributed by atoms with Gasteiger partial charge < -0.3 is 8.53 Å². The highest BCUT2D eigenvalue weighted by molar-refractivity contribution is 6.01. The van der Waals surface area contributed by atoms with Crippen LogP contribution in [-0.4, -0.2) is 33.7 Å². The molecule has 0 aliphatic rings. The van der Waals surface area contributed by atoms with Crippen molar-refractivity contribution in [2.24, 2.45) is 0 Å². The minimum atomic E-state index is 0.790. The number of para-hydroxylation sites is 2. The van der Waals surface area contributed by atoms with E-state index in [-0.39, 0.29) is 0 Å². The van der Waals surface area contributed by atoms with E-state index in [4.69, 9.17) is 8.53 Å². The zero-order valence-corrected chi connectivity index (χ0v) is 14.4. The molecule has 5 heteroatoms. The van der Waals surface area contributed by atoms with Gasteiger partial charge in [0.25, 0.3) is 0 Å². The summed E-state index contributed by atoms with van der Waals surface area (Å²) in [5, 5.41) is 2.20. The molecule has 0 unspecified atom stereocenters. The van der Waals surface area contributed by atoms with Gasteiger partial charge in [-0.25, -0.2) is 0 Å². The molecule has 24 heavy (non-hydrogen) atoms. The zero-order chi connectivity index (χ0) is 16.8. The summed E-state index contributed by atoms with van der Waals surface area (Å²) >= 11 is 2.23. The average molecular weight is 330 g/mol. The summed E-state index contributed by atoms with van der Waals surface area (Å²) in [7, 11) is 1.66. The Morgan fingerprint density at radius 2 is 1.21 bits per heavy atom. The summed E-state index contributed by atoms with van der Waals surface area (Å²) in [6, 6.07) is 19.6. The van der Waals surface area contributed by atoms with E-state index in [1.165, 1.54) is 0 Å². The smallest absolute Gasteiger partial charge is 0.482 e. The van der Waals surface area contributed by atoms with Crippen molar-refractivity contribution in [3.63, 3.8) is 0 Å². The first-order chi connectivity index (χ1) is 11.8. The van der Waals surface area contributed by atoms with E-state index in [0.717, 1.165) is 33.3 Å². The number of pyridine rings is 2. The molecule has 0 atom stereocenters. The minimum absolute atomic E-state index is 0.790. The number of nitrogens with zero attached hydrogens (tertiary/aromatic N) is 2. The van der Waals surface area contributed by atoms with Gasteiger partial charge in [-0.05, 0) is 24.3 Å². The predicted molar refractivity (Wildman–Crippen MR) is 96.4 cm³/mol. The molecular formula is C19H15AlN2O2. The maximum atomic E-state index is 5.16. The lowest BCUT2D eigenvalue weighted by Gasteiger charge is -2.04. The van der Waals surface area contributed by atoms with Crippen molar-refractivity contribution in [3.8, 4) is 11.5 Å². The Labute approximate surface area is 148 Å². The molecule has 4 aromatic rings. The van der Waals surface area contributed by atoms with E-state index in [1.807, 2.05) is 60.7 Å². The summed E-state index contributed by atoms with van der Waals surface area (Å²) in [5.74, 6) is 1.62. The van der Waals surface area contributed by atoms with Crippen LogP contribution in [0.2, 0.25) is 0 Å². The van der Waals surface area contributed by atoms with Crippen LogP contribution in [-0.2, 0) is 0 Å². The Bertz CT molecular complexity index is 870. The summed E-state index contributed by atoms with van der Waals surface area (Å²) in [6.07, 6.45) is 3.53. The van der Waals surface area contributed by atoms with Gasteiger partial charge in [0.15, 0.2) is 0 Å². The Kier molecular flexibility index (Phi) is 5.27. The van der Waals surface area contributed by atoms with Gasteiger partial charge in [-0.1, -0.05) is 36.4 Å². The van der Waals surface area contributed by atoms with Crippen LogP contribution in [0, 0.1) is 0 Å². The Morgan fingerprint density at radius 3 is 1.75 bits per heavy atom. The summed E-state index contributed by atoms with van der Waals surface area (Å²) in [6.45, 7) is 0. The third-order valence-electron chi connectivity index (χ3n) is 3.54. The molecule has 0 amide bonds. The van der Waals surface area contributed by atoms with Crippen molar-refractivity contribution >= 4 is 38.4 Å². The van der Waals surface area contributed by atoms with Gasteiger partial charge >= 0.3 is 16.6 Å². The van der Waals surface area contributed by atoms with Gasteiger partial charge in [-0.3, -0.25) is 9.97 Å². The maximum absolute atomic E-state index is 5.16. The number of aromatic nitrogens is 2. The second-order valence-electron chi connectivity index (χ2n) is 4.98. The largest absolute Gasteiger partial charge is 0.652 e. The number of rotatable bonds is 2. The lowest BCUT2D eigenvalue weighted by molar-refractivity contribution is 0.419. The Morgan fingerprint density at radius 1 is 0.708 bits per heavy atom. The number of ether oxygens (including phenoxy) is 1. The first-order valence-corrected chi connectivity index (χ1v) is 7.89. The highest BCUT2D eigenvalue weighted by atomic mass is 27.1. The quantitative estimate of drug-likeness (QED) is 0.522. The van der Waals surface area contributed by atoms with E-state index < -0.39 is 0 Å². The van der Waals surface area contributed by atoms with Crippen molar-refractivity contribution < 1.29 is 8.53 Å². The molecule has 0 saturated carbocycles. The standard InChI is InChI=1S/C10H9NO.C9H7NO.Al/c1-12-9-6-2-4-8-5-3-7-11-10(8)9;11-8-5-1-3-7-4-2-6-10-9(7)8;/h2-7H,1H3;1-6,11H;/q;;+1/p-1. The van der Waals surface area contributed by atoms with Crippen LogP contribution < -0.4 is 8.53 Å². The molecule has 0 saturated heterocycles. The van der Waals surface area contributed by atoms with E-state index >= 15 is 0 Å². The highest BCUT2D eigenvalue weighted by Gasteiger charge is 1.99. The third-order valence-corrected chi connectivity index (χ3v) is 3.79. The van der Waals surface area contributed by atoms with Crippen LogP contribution >= 0.6 is 0 Å². The van der Waals surface area contributed by atoms with Gasteiger partial charge in [0, 0.05) is 23.2 Å². The first kappa shape index (κ1) is 16.3. The zero-order valence-electron chi connectivity index (χ0n) is 13.2. The van der Waals surface area contributed by atoms with E-state index in [2.05, 4.69) is 26.6 Å². The molecule has 0 spiro atoms. The fourth-order valence-corrected chi connectivity index (χ4v) is 2.60. The molecule has 2 radical (unpaired) electrons. The lowest BCUT2D eigenvalue weighted by Crippen LogP contribution is -1.87. The molecule has 2 aromatic carbocycles. The third kappa shape index (κ3) is 3.48. The van der Waals surface area contributed by atoms with Gasteiger partial charge in [0.05, 0.1) is 7.11 Å². The molecule has 4 nitrogen and oxygen atoms in total. The van der Waals surface area contributed by atoms with Gasteiger partial charge in [-0.2, -0.15) is 0 Å². The highest BCUT2D eigenvalue weighted by Crippen LogP contribution is 2.22. The number of fused-ring (bicyclic) bond motifs is 2. The predicted octanol–water partition coefficient (Wildman–Crippen LogP) is 3.94. The Balaban J connectivity index is 0.000000141. The first-order valence-electron chi connectivity index (χ1n) is 7.41. The lowest BCUT2D eigenvalue weighted by atomic mass is 10.2. The van der Waals surface area contributed by atoms with E-state index in [9.17, 15) is 0 Å². The van der Waals surface area contributed by atoms with Crippen LogP contribution in [0.1, 0.15) is 0 Å². The van der Waals surface area contributed by atoms with Gasteiger partial charge in [-0.15, -0.1) is 0 Å². The van der Waals surface area contributed by atoms with E-state index in [0.29, 0.717) is 0 Å². The van der Waals surface area contributed by atoms with Crippen molar-refractivity contribution in [1.82, 2.24) is 9.97 Å². The number of hydrogen-bond acceptors (Lipinski definition) is 4. The van der Waals surface area contributed by atoms with Crippen LogP contribution in [0.5, 0.6) is 11.5 Å². The fraction of sp³-hybridized carbons (Fsp3) is 0.0526. The number of hydrogen-bond donors (Lipinski definition) is 0. The van der Waals surface area contributed by atoms with Crippen molar-refractivity contribution in [1.29, 1.82) is 0 Å². The maximum Gasteiger partial charge on any atom is 0.482 e. The fourth-order valence-electron chi connectivity index (χ4n) is 2.41. The molecule has 0 N–H and O–H groups in total. The molecule has 0 aliphatic carbocycles. The number of methoxy groups -OCH3 is 1. The molecule has 0 fully saturated rings. The van der Waals surface area contributed by atoms with Crippen LogP contribution in [0.25, 0.3) is 21.8 Å². The normalized spacial score (nSPS) is 10.0. The second-order valence-corrected chi connectivity index (χ2v) is 5.22. The molecule has 2 aromatic heterocycles. The second kappa shape index (κ2) is 7.78. The van der Waals surface area contributed by atoms with Crippen molar-refractivity contribution in [2.75, 3.05) is 7.11 Å². The van der Waals surface area contributed by atoms with Crippen LogP contribution in [0.3, 0.4) is 0 Å². The van der Waals surface area contributed by atoms with Crippen LogP contribution in [0.15, 0.2) is 73.1 Å². The molecule has 2 heterocycles. The number of benzene rings is 2. The summed E-state index contributed by atoms with van der Waals surface area (Å²) < 4.78 is 10.2. The van der Waals surface area contributed by atoms with E-state index in [1.54, 1.807) is 19.5 Å². The molecule has 0 bridgehead atoms. The Hall–Kier alpha value is -2.61. The van der Waals surface area contributed by atoms with Gasteiger partial charge in [0.2, 0.25) is 0 Å². The minimum Gasteiger partial charge on any atom is -0.652 e. The summed E-state index contributed by atoms with van der Waals surface area (Å²) in [5.41, 5.74) is 1.82. The van der Waals surface area contributed by atoms with Crippen molar-refractivity contribution in [2.45, 2.75) is 0 Å². The molecule has 116 valence electrons. The molecule has 0 aliphatic heterocycles. The van der Waals surface area contributed by atoms with Gasteiger partial charge in [0.1, 0.15) is 22.5 Å². The molecule has 4 rings (SSSR count). The average Bonchev–Trinajstić information content (AvgIpc) is 2.67. The SMILES string of the molecule is COc1cccc2cccnc12.[Al][O]c1cccc2cccnc12. The monoisotopic (exact) mass is 330 g/mol. The van der Waals surface area contributed by atoms with Crippen LogP contribution in [0.4, 0.5) is 0 Å². The molecular weight excluding hydrogens is 315 g/mol. The topological polar surface area (TPSA) is 44.2 Å².